The maximum Gasteiger partial charge on any atom is 0.417 e. The molecule has 5 rings (SSSR count). The van der Waals surface area contributed by atoms with Gasteiger partial charge in [0.2, 0.25) is 0 Å². The molecule has 0 atom stereocenters. The molecular formula is C28H17F6N3. The van der Waals surface area contributed by atoms with Crippen molar-refractivity contribution in [3.05, 3.63) is 120 Å². The summed E-state index contributed by atoms with van der Waals surface area (Å²) < 4.78 is 84.6. The molecule has 186 valence electrons. The van der Waals surface area contributed by atoms with Gasteiger partial charge in [0.05, 0.1) is 22.8 Å². The van der Waals surface area contributed by atoms with Crippen LogP contribution in [0.2, 0.25) is 0 Å². The van der Waals surface area contributed by atoms with Crippen molar-refractivity contribution in [3.8, 4) is 22.5 Å². The predicted molar refractivity (Wildman–Crippen MR) is 130 cm³/mol. The summed E-state index contributed by atoms with van der Waals surface area (Å²) in [4.78, 5) is 4.25. The number of imidazole rings is 1. The summed E-state index contributed by atoms with van der Waals surface area (Å²) in [6.07, 6.45) is -1.62. The summed E-state index contributed by atoms with van der Waals surface area (Å²) in [5, 5.41) is 2.80. The average molecular weight is 509 g/mol. The fourth-order valence-corrected chi connectivity index (χ4v) is 4.13. The zero-order valence-corrected chi connectivity index (χ0v) is 19.0. The van der Waals surface area contributed by atoms with Crippen LogP contribution in [0.1, 0.15) is 11.1 Å². The quantitative estimate of drug-likeness (QED) is 0.242. The van der Waals surface area contributed by atoms with Gasteiger partial charge in [-0.3, -0.25) is 4.40 Å². The van der Waals surface area contributed by atoms with Gasteiger partial charge >= 0.3 is 6.18 Å². The van der Waals surface area contributed by atoms with E-state index in [9.17, 15) is 26.3 Å². The van der Waals surface area contributed by atoms with Crippen LogP contribution < -0.4 is 5.32 Å². The average Bonchev–Trinajstić information content (AvgIpc) is 3.30. The van der Waals surface area contributed by atoms with Crippen molar-refractivity contribution in [1.29, 1.82) is 0 Å². The standard InChI is InChI=1S/C28H17F6N3/c1-16(36-19-10-8-18(29)9-11-19)22-14-17(7-12-23(22)28(32,33)34)20-5-3-13-37-25(20)15-35-27(37)21-4-2-6-24(30)26(21)31/h2-15,36H,1H2. The van der Waals surface area contributed by atoms with Gasteiger partial charge in [-0.2, -0.15) is 13.2 Å². The lowest BCUT2D eigenvalue weighted by molar-refractivity contribution is -0.137. The molecule has 0 radical (unpaired) electrons. The first-order chi connectivity index (χ1) is 17.6. The van der Waals surface area contributed by atoms with Crippen molar-refractivity contribution in [1.82, 2.24) is 9.38 Å². The summed E-state index contributed by atoms with van der Waals surface area (Å²) in [5.74, 6) is -2.42. The molecule has 0 fully saturated rings. The summed E-state index contributed by atoms with van der Waals surface area (Å²) in [6.45, 7) is 3.78. The highest BCUT2D eigenvalue weighted by Crippen LogP contribution is 2.38. The van der Waals surface area contributed by atoms with Gasteiger partial charge in [-0.1, -0.05) is 24.8 Å². The van der Waals surface area contributed by atoms with Crippen LogP contribution in [0.3, 0.4) is 0 Å². The topological polar surface area (TPSA) is 29.3 Å². The third-order valence-corrected chi connectivity index (χ3v) is 5.86. The van der Waals surface area contributed by atoms with Gasteiger partial charge in [0, 0.05) is 28.7 Å². The Bertz CT molecular complexity index is 1630. The van der Waals surface area contributed by atoms with Gasteiger partial charge in [-0.05, 0) is 60.2 Å². The lowest BCUT2D eigenvalue weighted by atomic mass is 9.97. The highest BCUT2D eigenvalue weighted by Gasteiger charge is 2.34. The fraction of sp³-hybridized carbons (Fsp3) is 0.0357. The predicted octanol–water partition coefficient (Wildman–Crippen LogP) is 8.19. The molecule has 0 aliphatic heterocycles. The number of hydrogen-bond donors (Lipinski definition) is 1. The van der Waals surface area contributed by atoms with Gasteiger partial charge in [0.15, 0.2) is 11.6 Å². The van der Waals surface area contributed by atoms with E-state index in [1.807, 2.05) is 0 Å². The van der Waals surface area contributed by atoms with Crippen LogP contribution in [-0.4, -0.2) is 9.38 Å². The van der Waals surface area contributed by atoms with Gasteiger partial charge in [-0.15, -0.1) is 0 Å². The molecule has 3 aromatic carbocycles. The maximum atomic E-state index is 14.4. The van der Waals surface area contributed by atoms with E-state index >= 15 is 0 Å². The Morgan fingerprint density at radius 1 is 0.865 bits per heavy atom. The van der Waals surface area contributed by atoms with Crippen molar-refractivity contribution >= 4 is 16.9 Å². The van der Waals surface area contributed by atoms with Crippen LogP contribution in [0.15, 0.2) is 91.8 Å². The molecule has 2 heterocycles. The third kappa shape index (κ3) is 4.55. The van der Waals surface area contributed by atoms with Crippen molar-refractivity contribution < 1.29 is 26.3 Å². The number of nitrogens with zero attached hydrogens (tertiary/aromatic N) is 2. The van der Waals surface area contributed by atoms with E-state index in [0.717, 1.165) is 12.1 Å². The minimum Gasteiger partial charge on any atom is -0.356 e. The lowest BCUT2D eigenvalue weighted by Gasteiger charge is -2.18. The van der Waals surface area contributed by atoms with Crippen molar-refractivity contribution in [2.45, 2.75) is 6.18 Å². The van der Waals surface area contributed by atoms with E-state index in [0.29, 0.717) is 22.3 Å². The fourth-order valence-electron chi connectivity index (χ4n) is 4.13. The second-order valence-corrected chi connectivity index (χ2v) is 8.23. The molecule has 5 aromatic rings. The Kier molecular flexibility index (Phi) is 5.99. The molecule has 3 nitrogen and oxygen atoms in total. The Hall–Kier alpha value is -4.53. The number of alkyl halides is 3. The maximum absolute atomic E-state index is 14.4. The molecule has 0 spiro atoms. The van der Waals surface area contributed by atoms with Crippen LogP contribution in [0.4, 0.5) is 32.0 Å². The molecule has 0 saturated carbocycles. The normalized spacial score (nSPS) is 11.6. The molecule has 0 unspecified atom stereocenters. The van der Waals surface area contributed by atoms with E-state index in [2.05, 4.69) is 16.9 Å². The van der Waals surface area contributed by atoms with E-state index < -0.39 is 29.2 Å². The highest BCUT2D eigenvalue weighted by molar-refractivity contribution is 5.86. The first-order valence-electron chi connectivity index (χ1n) is 11.0. The number of pyridine rings is 1. The van der Waals surface area contributed by atoms with E-state index in [1.54, 1.807) is 18.3 Å². The van der Waals surface area contributed by atoms with E-state index in [-0.39, 0.29) is 22.6 Å². The van der Waals surface area contributed by atoms with Gasteiger partial charge in [0.25, 0.3) is 0 Å². The molecular weight excluding hydrogens is 492 g/mol. The second kappa shape index (κ2) is 9.16. The molecule has 0 saturated heterocycles. The van der Waals surface area contributed by atoms with Crippen LogP contribution in [-0.2, 0) is 6.18 Å². The van der Waals surface area contributed by atoms with Gasteiger partial charge in [-0.25, -0.2) is 18.2 Å². The Balaban J connectivity index is 1.61. The second-order valence-electron chi connectivity index (χ2n) is 8.23. The minimum atomic E-state index is -4.66. The summed E-state index contributed by atoms with van der Waals surface area (Å²) >= 11 is 0. The number of benzene rings is 3. The number of fused-ring (bicyclic) bond motifs is 1. The number of anilines is 1. The molecule has 0 amide bonds. The first-order valence-corrected chi connectivity index (χ1v) is 11.0. The van der Waals surface area contributed by atoms with Gasteiger partial charge < -0.3 is 5.32 Å². The minimum absolute atomic E-state index is 0.0382. The zero-order valence-electron chi connectivity index (χ0n) is 19.0. The number of halogens is 6. The lowest BCUT2D eigenvalue weighted by Crippen LogP contribution is -2.11. The Morgan fingerprint density at radius 3 is 2.32 bits per heavy atom. The van der Waals surface area contributed by atoms with E-state index in [1.165, 1.54) is 59.1 Å². The number of nitrogens with one attached hydrogen (secondary N) is 1. The van der Waals surface area contributed by atoms with Crippen molar-refractivity contribution in [2.24, 2.45) is 0 Å². The molecule has 0 aliphatic carbocycles. The van der Waals surface area contributed by atoms with Crippen molar-refractivity contribution in [2.75, 3.05) is 5.32 Å². The van der Waals surface area contributed by atoms with Crippen LogP contribution >= 0.6 is 0 Å². The van der Waals surface area contributed by atoms with Crippen molar-refractivity contribution in [3.63, 3.8) is 0 Å². The SMILES string of the molecule is C=C(Nc1ccc(F)cc1)c1cc(-c2cccn3c(-c4cccc(F)c4F)ncc23)ccc1C(F)(F)F. The number of rotatable bonds is 5. The largest absolute Gasteiger partial charge is 0.417 e. The number of aromatic nitrogens is 2. The molecule has 9 heteroatoms. The monoisotopic (exact) mass is 509 g/mol. The highest BCUT2D eigenvalue weighted by atomic mass is 19.4. The first kappa shape index (κ1) is 24.2. The molecule has 37 heavy (non-hydrogen) atoms. The molecule has 0 bridgehead atoms. The summed E-state index contributed by atoms with van der Waals surface area (Å²) in [6, 6.07) is 15.8. The molecule has 2 aromatic heterocycles. The third-order valence-electron chi connectivity index (χ3n) is 5.86. The van der Waals surface area contributed by atoms with Crippen LogP contribution in [0.5, 0.6) is 0 Å². The van der Waals surface area contributed by atoms with E-state index in [4.69, 9.17) is 0 Å². The molecule has 1 N–H and O–H groups in total. The Morgan fingerprint density at radius 2 is 1.59 bits per heavy atom. The summed E-state index contributed by atoms with van der Waals surface area (Å²) in [7, 11) is 0. The zero-order chi connectivity index (χ0) is 26.3. The Labute approximate surface area is 207 Å². The van der Waals surface area contributed by atoms with Crippen LogP contribution in [0.25, 0.3) is 33.7 Å². The summed E-state index contributed by atoms with van der Waals surface area (Å²) in [5.41, 5.74) is 0.579. The number of hydrogen-bond acceptors (Lipinski definition) is 2. The molecule has 0 aliphatic rings. The smallest absolute Gasteiger partial charge is 0.356 e. The van der Waals surface area contributed by atoms with Crippen LogP contribution in [0, 0.1) is 17.5 Å². The van der Waals surface area contributed by atoms with Gasteiger partial charge in [0.1, 0.15) is 11.6 Å².